The molecule has 0 aliphatic carbocycles. The average molecular weight is 181 g/mol. The molecule has 66 valence electrons. The van der Waals surface area contributed by atoms with Gasteiger partial charge >= 0.3 is 0 Å². The molecule has 1 aromatic heterocycles. The Morgan fingerprint density at radius 2 is 2.33 bits per heavy atom. The first-order valence-corrected chi connectivity index (χ1v) is 5.04. The van der Waals surface area contributed by atoms with Gasteiger partial charge in [0.25, 0.3) is 0 Å². The Hall–Kier alpha value is -0.600. The zero-order valence-electron chi connectivity index (χ0n) is 7.58. The summed E-state index contributed by atoms with van der Waals surface area (Å²) in [4.78, 5) is 1.38. The molecule has 1 unspecified atom stereocenters. The minimum absolute atomic E-state index is 0.377. The van der Waals surface area contributed by atoms with Crippen LogP contribution < -0.4 is 5.32 Å². The van der Waals surface area contributed by atoms with Gasteiger partial charge in [0.2, 0.25) is 0 Å². The number of thiophene rings is 1. The van der Waals surface area contributed by atoms with E-state index >= 15 is 0 Å². The predicted molar refractivity (Wildman–Crippen MR) is 55.5 cm³/mol. The monoisotopic (exact) mass is 181 g/mol. The van der Waals surface area contributed by atoms with Crippen molar-refractivity contribution < 1.29 is 0 Å². The van der Waals surface area contributed by atoms with Crippen molar-refractivity contribution in [2.45, 2.75) is 25.9 Å². The van der Waals surface area contributed by atoms with Crippen LogP contribution in [0.15, 0.2) is 30.2 Å². The molecule has 0 fully saturated rings. The lowest BCUT2D eigenvalue weighted by molar-refractivity contribution is 0.544. The molecule has 1 N–H and O–H groups in total. The number of hydrogen-bond acceptors (Lipinski definition) is 2. The highest BCUT2D eigenvalue weighted by Gasteiger charge is 2.06. The Labute approximate surface area is 78.1 Å². The normalized spacial score (nSPS) is 15.5. The van der Waals surface area contributed by atoms with Crippen molar-refractivity contribution >= 4 is 11.3 Å². The largest absolute Gasteiger partial charge is 0.303 e. The van der Waals surface area contributed by atoms with E-state index in [-0.39, 0.29) is 0 Å². The second-order valence-electron chi connectivity index (χ2n) is 2.93. The zero-order chi connectivity index (χ0) is 8.97. The Bertz CT molecular complexity index is 228. The maximum Gasteiger partial charge on any atom is 0.0390 e. The average Bonchev–Trinajstić information content (AvgIpc) is 2.56. The summed E-state index contributed by atoms with van der Waals surface area (Å²) < 4.78 is 0. The lowest BCUT2D eigenvalue weighted by Crippen LogP contribution is -2.26. The first kappa shape index (κ1) is 9.49. The molecule has 0 aromatic carbocycles. The molecule has 0 saturated carbocycles. The van der Waals surface area contributed by atoms with E-state index in [9.17, 15) is 0 Å². The van der Waals surface area contributed by atoms with Crippen LogP contribution in [0.5, 0.6) is 0 Å². The molecule has 0 radical (unpaired) electrons. The number of hydrogen-bond donors (Lipinski definition) is 1. The van der Waals surface area contributed by atoms with Gasteiger partial charge in [-0.25, -0.2) is 0 Å². The maximum absolute atomic E-state index is 3.74. The minimum Gasteiger partial charge on any atom is -0.303 e. The third-order valence-electron chi connectivity index (χ3n) is 1.84. The molecule has 2 heteroatoms. The fourth-order valence-corrected chi connectivity index (χ4v) is 1.83. The van der Waals surface area contributed by atoms with Crippen LogP contribution in [0, 0.1) is 0 Å². The lowest BCUT2D eigenvalue weighted by atomic mass is 10.2. The highest BCUT2D eigenvalue weighted by atomic mass is 32.1. The Morgan fingerprint density at radius 3 is 2.83 bits per heavy atom. The van der Waals surface area contributed by atoms with E-state index in [0.29, 0.717) is 12.1 Å². The van der Waals surface area contributed by atoms with Gasteiger partial charge in [0, 0.05) is 17.0 Å². The fraction of sp³-hybridized carbons (Fsp3) is 0.400. The summed E-state index contributed by atoms with van der Waals surface area (Å²) in [6, 6.07) is 5.04. The van der Waals surface area contributed by atoms with Crippen molar-refractivity contribution in [3.8, 4) is 0 Å². The van der Waals surface area contributed by atoms with Gasteiger partial charge in [-0.1, -0.05) is 12.1 Å². The summed E-state index contributed by atoms with van der Waals surface area (Å²) in [6.07, 6.45) is 1.92. The topological polar surface area (TPSA) is 12.0 Å². The van der Waals surface area contributed by atoms with Gasteiger partial charge in [-0.2, -0.15) is 0 Å². The summed E-state index contributed by atoms with van der Waals surface area (Å²) in [5.41, 5.74) is 0. The van der Waals surface area contributed by atoms with E-state index in [1.165, 1.54) is 4.88 Å². The fourth-order valence-electron chi connectivity index (χ4n) is 1.08. The predicted octanol–water partition coefficient (Wildman–Crippen LogP) is 2.97. The second-order valence-corrected chi connectivity index (χ2v) is 3.91. The molecular formula is C10H15NS. The van der Waals surface area contributed by atoms with Gasteiger partial charge < -0.3 is 5.32 Å². The smallest absolute Gasteiger partial charge is 0.0390 e. The van der Waals surface area contributed by atoms with Gasteiger partial charge in [0.05, 0.1) is 0 Å². The highest BCUT2D eigenvalue weighted by Crippen LogP contribution is 2.18. The third-order valence-corrected chi connectivity index (χ3v) is 2.89. The van der Waals surface area contributed by atoms with E-state index in [1.807, 2.05) is 6.08 Å². The molecule has 0 saturated heterocycles. The van der Waals surface area contributed by atoms with Crippen LogP contribution in [0.1, 0.15) is 24.8 Å². The van der Waals surface area contributed by atoms with E-state index in [4.69, 9.17) is 0 Å². The Kier molecular flexibility index (Phi) is 3.50. The van der Waals surface area contributed by atoms with Gasteiger partial charge in [-0.3, -0.25) is 0 Å². The summed E-state index contributed by atoms with van der Waals surface area (Å²) in [6.45, 7) is 8.02. The molecule has 1 aromatic rings. The van der Waals surface area contributed by atoms with Gasteiger partial charge in [-0.15, -0.1) is 17.9 Å². The van der Waals surface area contributed by atoms with E-state index in [1.54, 1.807) is 11.3 Å². The van der Waals surface area contributed by atoms with Crippen LogP contribution in [0.25, 0.3) is 0 Å². The van der Waals surface area contributed by atoms with Crippen molar-refractivity contribution in [1.82, 2.24) is 5.32 Å². The van der Waals surface area contributed by atoms with Crippen molar-refractivity contribution in [1.29, 1.82) is 0 Å². The zero-order valence-corrected chi connectivity index (χ0v) is 8.40. The summed E-state index contributed by atoms with van der Waals surface area (Å²) in [5, 5.41) is 5.53. The van der Waals surface area contributed by atoms with Crippen LogP contribution in [0.4, 0.5) is 0 Å². The summed E-state index contributed by atoms with van der Waals surface area (Å²) in [5.74, 6) is 0. The van der Waals surface area contributed by atoms with Crippen molar-refractivity contribution in [2.75, 3.05) is 0 Å². The summed E-state index contributed by atoms with van der Waals surface area (Å²) >= 11 is 1.79. The molecule has 0 aliphatic heterocycles. The lowest BCUT2D eigenvalue weighted by Gasteiger charge is -2.15. The molecule has 0 aliphatic rings. The molecule has 1 nitrogen and oxygen atoms in total. The molecule has 0 bridgehead atoms. The molecule has 0 amide bonds. The maximum atomic E-state index is 3.74. The SMILES string of the molecule is C=CC(C)N[C@H](C)c1cccs1. The van der Waals surface area contributed by atoms with Crippen LogP contribution in [-0.2, 0) is 0 Å². The van der Waals surface area contributed by atoms with Crippen LogP contribution in [-0.4, -0.2) is 6.04 Å². The Balaban J connectivity index is 2.49. The third kappa shape index (κ3) is 2.47. The van der Waals surface area contributed by atoms with Gasteiger partial charge in [0.1, 0.15) is 0 Å². The van der Waals surface area contributed by atoms with Crippen LogP contribution >= 0.6 is 11.3 Å². The first-order chi connectivity index (χ1) is 5.74. The van der Waals surface area contributed by atoms with E-state index in [2.05, 4.69) is 43.3 Å². The molecular weight excluding hydrogens is 166 g/mol. The van der Waals surface area contributed by atoms with E-state index < -0.39 is 0 Å². The van der Waals surface area contributed by atoms with Gasteiger partial charge in [0.15, 0.2) is 0 Å². The van der Waals surface area contributed by atoms with Crippen molar-refractivity contribution in [2.24, 2.45) is 0 Å². The van der Waals surface area contributed by atoms with Gasteiger partial charge in [-0.05, 0) is 25.3 Å². The molecule has 0 spiro atoms. The summed E-state index contributed by atoms with van der Waals surface area (Å²) in [7, 11) is 0. The van der Waals surface area contributed by atoms with E-state index in [0.717, 1.165) is 0 Å². The number of rotatable bonds is 4. The Morgan fingerprint density at radius 1 is 1.58 bits per heavy atom. The number of nitrogens with one attached hydrogen (secondary N) is 1. The van der Waals surface area contributed by atoms with Crippen LogP contribution in [0.3, 0.4) is 0 Å². The van der Waals surface area contributed by atoms with Crippen molar-refractivity contribution in [3.05, 3.63) is 35.0 Å². The van der Waals surface area contributed by atoms with Crippen LogP contribution in [0.2, 0.25) is 0 Å². The standard InChI is InChI=1S/C10H15NS/c1-4-8(2)11-9(3)10-6-5-7-12-10/h4-9,11H,1H2,2-3H3/t8?,9-/m1/s1. The molecule has 12 heavy (non-hydrogen) atoms. The quantitative estimate of drug-likeness (QED) is 0.704. The second kappa shape index (κ2) is 4.43. The molecule has 1 rings (SSSR count). The molecule has 1 heterocycles. The first-order valence-electron chi connectivity index (χ1n) is 4.16. The highest BCUT2D eigenvalue weighted by molar-refractivity contribution is 7.10. The van der Waals surface area contributed by atoms with Crippen molar-refractivity contribution in [3.63, 3.8) is 0 Å². The minimum atomic E-state index is 0.377. The molecule has 2 atom stereocenters.